The third-order valence-corrected chi connectivity index (χ3v) is 6.71. The zero-order valence-electron chi connectivity index (χ0n) is 17.9. The van der Waals surface area contributed by atoms with Gasteiger partial charge in [0.1, 0.15) is 5.25 Å². The molecule has 0 aromatic heterocycles. The number of rotatable bonds is 5. The second-order valence-corrected chi connectivity index (χ2v) is 9.31. The Bertz CT molecular complexity index is 1270. The molecule has 0 saturated carbocycles. The Hall–Kier alpha value is -3.49. The first kappa shape index (κ1) is 22.3. The Morgan fingerprint density at radius 3 is 2.71 bits per heavy atom. The quantitative estimate of drug-likeness (QED) is 0.526. The summed E-state index contributed by atoms with van der Waals surface area (Å²) in [7, 11) is 0. The molecule has 0 unspecified atom stereocenters. The highest BCUT2D eigenvalue weighted by atomic mass is 35.5. The zero-order valence-corrected chi connectivity index (χ0v) is 19.5. The van der Waals surface area contributed by atoms with Crippen LogP contribution in [-0.2, 0) is 16.1 Å². The van der Waals surface area contributed by atoms with Gasteiger partial charge in [0.05, 0.1) is 12.2 Å². The number of amidine groups is 1. The molecule has 1 atom stereocenters. The standard InChI is InChI=1S/C25H20ClN3O4S/c26-17-5-4-8-19(12-17)27-24(31)22-13-23(30)29(25(34-22)28-18-6-2-1-3-7-18)14-16-9-10-20-21(11-16)33-15-32-20/h1-12,22H,13-15H2,(H,27,31)/t22-/m1/s1. The molecular weight excluding hydrogens is 474 g/mol. The molecule has 172 valence electrons. The maximum atomic E-state index is 13.2. The number of ether oxygens (including phenoxy) is 2. The van der Waals surface area contributed by atoms with Crippen molar-refractivity contribution in [1.29, 1.82) is 0 Å². The van der Waals surface area contributed by atoms with Crippen molar-refractivity contribution in [3.63, 3.8) is 0 Å². The summed E-state index contributed by atoms with van der Waals surface area (Å²) in [5, 5.41) is 3.21. The molecule has 1 fully saturated rings. The minimum Gasteiger partial charge on any atom is -0.454 e. The molecule has 34 heavy (non-hydrogen) atoms. The Kier molecular flexibility index (Phi) is 6.42. The predicted octanol–water partition coefficient (Wildman–Crippen LogP) is 5.23. The highest BCUT2D eigenvalue weighted by molar-refractivity contribution is 8.15. The highest BCUT2D eigenvalue weighted by Crippen LogP contribution is 2.35. The molecule has 2 aliphatic heterocycles. The van der Waals surface area contributed by atoms with Crippen LogP contribution in [0.5, 0.6) is 11.5 Å². The maximum absolute atomic E-state index is 13.2. The maximum Gasteiger partial charge on any atom is 0.238 e. The molecule has 0 aliphatic carbocycles. The van der Waals surface area contributed by atoms with Gasteiger partial charge in [-0.25, -0.2) is 4.99 Å². The van der Waals surface area contributed by atoms with E-state index in [1.165, 1.54) is 11.8 Å². The van der Waals surface area contributed by atoms with Crippen LogP contribution in [0, 0.1) is 0 Å². The number of nitrogens with one attached hydrogen (secondary N) is 1. The number of hydrogen-bond acceptors (Lipinski definition) is 6. The van der Waals surface area contributed by atoms with Gasteiger partial charge in [-0.05, 0) is 48.0 Å². The van der Waals surface area contributed by atoms with E-state index in [9.17, 15) is 9.59 Å². The number of nitrogens with zero attached hydrogens (tertiary/aromatic N) is 2. The molecule has 1 N–H and O–H groups in total. The van der Waals surface area contributed by atoms with Gasteiger partial charge in [0.25, 0.3) is 0 Å². The van der Waals surface area contributed by atoms with E-state index in [-0.39, 0.29) is 25.0 Å². The molecule has 7 nitrogen and oxygen atoms in total. The van der Waals surface area contributed by atoms with Gasteiger partial charge < -0.3 is 14.8 Å². The lowest BCUT2D eigenvalue weighted by molar-refractivity contribution is -0.129. The van der Waals surface area contributed by atoms with Crippen LogP contribution in [0.1, 0.15) is 12.0 Å². The summed E-state index contributed by atoms with van der Waals surface area (Å²) >= 11 is 7.30. The minimum absolute atomic E-state index is 0.0510. The van der Waals surface area contributed by atoms with Crippen molar-refractivity contribution in [2.45, 2.75) is 18.2 Å². The fraction of sp³-hybridized carbons (Fsp3) is 0.160. The second-order valence-electron chi connectivity index (χ2n) is 7.71. The fourth-order valence-corrected chi connectivity index (χ4v) is 4.91. The van der Waals surface area contributed by atoms with Crippen LogP contribution >= 0.6 is 23.4 Å². The van der Waals surface area contributed by atoms with Crippen LogP contribution in [0.2, 0.25) is 5.02 Å². The lowest BCUT2D eigenvalue weighted by Gasteiger charge is -2.32. The average molecular weight is 494 g/mol. The number of benzene rings is 3. The molecule has 9 heteroatoms. The molecule has 0 bridgehead atoms. The van der Waals surface area contributed by atoms with Gasteiger partial charge in [-0.15, -0.1) is 0 Å². The number of thioether (sulfide) groups is 1. The van der Waals surface area contributed by atoms with Gasteiger partial charge >= 0.3 is 0 Å². The molecular formula is C25H20ClN3O4S. The smallest absolute Gasteiger partial charge is 0.238 e. The van der Waals surface area contributed by atoms with E-state index >= 15 is 0 Å². The van der Waals surface area contributed by atoms with E-state index < -0.39 is 5.25 Å². The Morgan fingerprint density at radius 2 is 1.88 bits per heavy atom. The first-order valence-electron chi connectivity index (χ1n) is 10.6. The van der Waals surface area contributed by atoms with Crippen molar-refractivity contribution in [2.24, 2.45) is 4.99 Å². The van der Waals surface area contributed by atoms with Gasteiger partial charge in [-0.1, -0.05) is 53.7 Å². The Morgan fingerprint density at radius 1 is 1.06 bits per heavy atom. The molecule has 3 aromatic carbocycles. The van der Waals surface area contributed by atoms with E-state index in [1.54, 1.807) is 29.2 Å². The summed E-state index contributed by atoms with van der Waals surface area (Å²) in [5.74, 6) is 0.871. The lowest BCUT2D eigenvalue weighted by Crippen LogP contribution is -2.44. The van der Waals surface area contributed by atoms with Crippen LogP contribution in [-0.4, -0.2) is 33.9 Å². The number of halogens is 1. The summed E-state index contributed by atoms with van der Waals surface area (Å²) in [5.41, 5.74) is 2.15. The molecule has 0 spiro atoms. The Labute approximate surface area is 205 Å². The van der Waals surface area contributed by atoms with E-state index in [2.05, 4.69) is 5.32 Å². The van der Waals surface area contributed by atoms with Gasteiger partial charge in [0.2, 0.25) is 18.6 Å². The van der Waals surface area contributed by atoms with Crippen LogP contribution in [0.4, 0.5) is 11.4 Å². The van der Waals surface area contributed by atoms with Crippen molar-refractivity contribution in [3.05, 3.63) is 83.4 Å². The molecule has 2 amide bonds. The van der Waals surface area contributed by atoms with E-state index in [4.69, 9.17) is 26.1 Å². The SMILES string of the molecule is O=C(Nc1cccc(Cl)c1)[C@H]1CC(=O)N(Cc2ccc3c(c2)OCO3)C(=Nc2ccccc2)S1. The number of carbonyl (C=O) groups is 2. The predicted molar refractivity (Wildman–Crippen MR) is 133 cm³/mol. The molecule has 1 saturated heterocycles. The number of fused-ring (bicyclic) bond motifs is 1. The fourth-order valence-electron chi connectivity index (χ4n) is 3.62. The Balaban J connectivity index is 1.40. The van der Waals surface area contributed by atoms with Crippen molar-refractivity contribution in [2.75, 3.05) is 12.1 Å². The lowest BCUT2D eigenvalue weighted by atomic mass is 10.1. The minimum atomic E-state index is -0.623. The molecule has 5 rings (SSSR count). The topological polar surface area (TPSA) is 80.2 Å². The van der Waals surface area contributed by atoms with Gasteiger partial charge in [0.15, 0.2) is 16.7 Å². The van der Waals surface area contributed by atoms with Crippen molar-refractivity contribution in [3.8, 4) is 11.5 Å². The third kappa shape index (κ3) is 5.03. The largest absolute Gasteiger partial charge is 0.454 e. The number of hydrogen-bond donors (Lipinski definition) is 1. The van der Waals surface area contributed by atoms with Gasteiger partial charge in [0, 0.05) is 17.1 Å². The van der Waals surface area contributed by atoms with Crippen LogP contribution in [0.25, 0.3) is 0 Å². The summed E-state index contributed by atoms with van der Waals surface area (Å²) < 4.78 is 10.8. The number of para-hydroxylation sites is 1. The number of carbonyl (C=O) groups excluding carboxylic acids is 2. The van der Waals surface area contributed by atoms with E-state index in [0.717, 1.165) is 5.56 Å². The first-order valence-corrected chi connectivity index (χ1v) is 11.9. The van der Waals surface area contributed by atoms with Gasteiger partial charge in [-0.3, -0.25) is 14.5 Å². The number of anilines is 1. The monoisotopic (exact) mass is 493 g/mol. The molecule has 2 heterocycles. The van der Waals surface area contributed by atoms with E-state index in [0.29, 0.717) is 39.6 Å². The van der Waals surface area contributed by atoms with Crippen LogP contribution in [0.3, 0.4) is 0 Å². The van der Waals surface area contributed by atoms with Crippen LogP contribution in [0.15, 0.2) is 77.8 Å². The van der Waals surface area contributed by atoms with Gasteiger partial charge in [-0.2, -0.15) is 0 Å². The van der Waals surface area contributed by atoms with Crippen LogP contribution < -0.4 is 14.8 Å². The normalized spacial score (nSPS) is 18.3. The summed E-state index contributed by atoms with van der Waals surface area (Å²) in [4.78, 5) is 32.5. The first-order chi connectivity index (χ1) is 16.5. The summed E-state index contributed by atoms with van der Waals surface area (Å²) in [6.45, 7) is 0.484. The van der Waals surface area contributed by atoms with E-state index in [1.807, 2.05) is 48.5 Å². The number of aliphatic imine (C=N–C) groups is 1. The third-order valence-electron chi connectivity index (χ3n) is 5.28. The molecule has 0 radical (unpaired) electrons. The zero-order chi connectivity index (χ0) is 23.5. The molecule has 2 aliphatic rings. The van der Waals surface area contributed by atoms with Crippen molar-refractivity contribution >= 4 is 51.7 Å². The second kappa shape index (κ2) is 9.79. The van der Waals surface area contributed by atoms with Crippen molar-refractivity contribution in [1.82, 2.24) is 4.90 Å². The molecule has 3 aromatic rings. The summed E-state index contributed by atoms with van der Waals surface area (Å²) in [6, 6.07) is 21.8. The van der Waals surface area contributed by atoms with Crippen molar-refractivity contribution < 1.29 is 19.1 Å². The number of amides is 2. The average Bonchev–Trinajstić information content (AvgIpc) is 3.30. The summed E-state index contributed by atoms with van der Waals surface area (Å²) in [6.07, 6.45) is 0.0510. The highest BCUT2D eigenvalue weighted by Gasteiger charge is 2.36.